The molecule has 0 aromatic rings. The molecular weight excluding hydrogens is 400 g/mol. The van der Waals surface area contributed by atoms with E-state index in [-0.39, 0.29) is 11.9 Å². The van der Waals surface area contributed by atoms with E-state index < -0.39 is 0 Å². The maximum absolute atomic E-state index is 11.6. The lowest BCUT2D eigenvalue weighted by Gasteiger charge is -2.04. The summed E-state index contributed by atoms with van der Waals surface area (Å²) in [6, 6.07) is 0. The Bertz CT molecular complexity index is 445. The van der Waals surface area contributed by atoms with Gasteiger partial charge in [-0.1, -0.05) is 90.2 Å². The minimum Gasteiger partial charge on any atom is -0.466 e. The lowest BCUT2D eigenvalue weighted by molar-refractivity contribution is -0.144. The van der Waals surface area contributed by atoms with Gasteiger partial charge < -0.3 is 9.47 Å². The van der Waals surface area contributed by atoms with Crippen LogP contribution >= 0.6 is 0 Å². The largest absolute Gasteiger partial charge is 0.466 e. The fourth-order valence-corrected chi connectivity index (χ4v) is 3.58. The summed E-state index contributed by atoms with van der Waals surface area (Å²) in [5.41, 5.74) is 0. The van der Waals surface area contributed by atoms with Gasteiger partial charge in [0.2, 0.25) is 0 Å². The summed E-state index contributed by atoms with van der Waals surface area (Å²) >= 11 is 0. The molecule has 0 saturated heterocycles. The van der Waals surface area contributed by atoms with Crippen molar-refractivity contribution in [2.45, 2.75) is 142 Å². The van der Waals surface area contributed by atoms with Crippen LogP contribution in [0.2, 0.25) is 0 Å². The Balaban J connectivity index is 3.27. The predicted molar refractivity (Wildman–Crippen MR) is 135 cm³/mol. The smallest absolute Gasteiger partial charge is 0.305 e. The first-order valence-corrected chi connectivity index (χ1v) is 13.7. The van der Waals surface area contributed by atoms with Crippen molar-refractivity contribution in [2.24, 2.45) is 0 Å². The van der Waals surface area contributed by atoms with Crippen LogP contribution in [0, 0.1) is 0 Å². The molecule has 0 bridgehead atoms. The molecule has 0 aliphatic rings. The molecule has 0 heterocycles. The van der Waals surface area contributed by atoms with Crippen molar-refractivity contribution in [1.29, 1.82) is 0 Å². The van der Waals surface area contributed by atoms with Gasteiger partial charge in [0.05, 0.1) is 13.2 Å². The van der Waals surface area contributed by atoms with E-state index in [0.717, 1.165) is 70.6 Å². The third-order valence-corrected chi connectivity index (χ3v) is 5.69. The van der Waals surface area contributed by atoms with E-state index in [9.17, 15) is 9.59 Å². The number of carbonyl (C=O) groups is 2. The highest BCUT2D eigenvalue weighted by molar-refractivity contribution is 5.69. The van der Waals surface area contributed by atoms with Crippen LogP contribution in [0.25, 0.3) is 0 Å². The standard InChI is InChI=1S/C28H52O4/c1-3-5-7-21-25-31-27(29)23-19-17-15-13-11-9-10-12-14-16-18-20-24-28(30)32-26-22-8-6-4-2/h9,11H,3-8,10,12-26H2,1-2H3/b11-9+. The van der Waals surface area contributed by atoms with Gasteiger partial charge in [0.15, 0.2) is 0 Å². The van der Waals surface area contributed by atoms with E-state index in [1.54, 1.807) is 0 Å². The SMILES string of the molecule is CCCCCCOC(=O)CCCCC/C=C/CCCCCCCC(=O)OCCCCCC. The number of rotatable bonds is 24. The van der Waals surface area contributed by atoms with Crippen LogP contribution < -0.4 is 0 Å². The average Bonchev–Trinajstić information content (AvgIpc) is 2.79. The van der Waals surface area contributed by atoms with Crippen molar-refractivity contribution in [3.05, 3.63) is 12.2 Å². The summed E-state index contributed by atoms with van der Waals surface area (Å²) in [6.45, 7) is 5.55. The van der Waals surface area contributed by atoms with E-state index in [1.165, 1.54) is 44.9 Å². The molecule has 0 atom stereocenters. The molecule has 188 valence electrons. The zero-order chi connectivity index (χ0) is 23.5. The van der Waals surface area contributed by atoms with E-state index >= 15 is 0 Å². The van der Waals surface area contributed by atoms with Crippen LogP contribution in [0.1, 0.15) is 142 Å². The summed E-state index contributed by atoms with van der Waals surface area (Å²) in [4.78, 5) is 23.3. The summed E-state index contributed by atoms with van der Waals surface area (Å²) in [7, 11) is 0. The van der Waals surface area contributed by atoms with E-state index in [0.29, 0.717) is 26.1 Å². The minimum absolute atomic E-state index is 0.0243. The van der Waals surface area contributed by atoms with Crippen molar-refractivity contribution in [2.75, 3.05) is 13.2 Å². The predicted octanol–water partition coefficient (Wildman–Crippen LogP) is 8.47. The van der Waals surface area contributed by atoms with Gasteiger partial charge in [-0.25, -0.2) is 0 Å². The van der Waals surface area contributed by atoms with Crippen LogP contribution in [-0.2, 0) is 19.1 Å². The molecular formula is C28H52O4. The number of esters is 2. The number of carbonyl (C=O) groups excluding carboxylic acids is 2. The molecule has 0 aliphatic heterocycles. The van der Waals surface area contributed by atoms with Gasteiger partial charge >= 0.3 is 11.9 Å². The zero-order valence-corrected chi connectivity index (χ0v) is 21.3. The van der Waals surface area contributed by atoms with Gasteiger partial charge in [-0.15, -0.1) is 0 Å². The van der Waals surface area contributed by atoms with Crippen LogP contribution in [0.5, 0.6) is 0 Å². The molecule has 32 heavy (non-hydrogen) atoms. The third-order valence-electron chi connectivity index (χ3n) is 5.69. The van der Waals surface area contributed by atoms with Crippen LogP contribution in [0.3, 0.4) is 0 Å². The fourth-order valence-electron chi connectivity index (χ4n) is 3.58. The van der Waals surface area contributed by atoms with E-state index in [4.69, 9.17) is 9.47 Å². The molecule has 0 aromatic heterocycles. The highest BCUT2D eigenvalue weighted by atomic mass is 16.5. The lowest BCUT2D eigenvalue weighted by atomic mass is 10.1. The average molecular weight is 453 g/mol. The van der Waals surface area contributed by atoms with Crippen LogP contribution in [0.15, 0.2) is 12.2 Å². The Morgan fingerprint density at radius 2 is 0.875 bits per heavy atom. The first-order valence-electron chi connectivity index (χ1n) is 13.7. The van der Waals surface area contributed by atoms with Gasteiger partial charge in [-0.2, -0.15) is 0 Å². The molecule has 4 heteroatoms. The Labute approximate surface area is 198 Å². The highest BCUT2D eigenvalue weighted by Crippen LogP contribution is 2.10. The van der Waals surface area contributed by atoms with Gasteiger partial charge in [-0.3, -0.25) is 9.59 Å². The van der Waals surface area contributed by atoms with Crippen molar-refractivity contribution in [3.8, 4) is 0 Å². The second-order valence-electron chi connectivity index (χ2n) is 8.94. The second-order valence-corrected chi connectivity index (χ2v) is 8.94. The number of ether oxygens (including phenoxy) is 2. The van der Waals surface area contributed by atoms with E-state index in [1.807, 2.05) is 0 Å². The Morgan fingerprint density at radius 3 is 1.34 bits per heavy atom. The monoisotopic (exact) mass is 452 g/mol. The topological polar surface area (TPSA) is 52.6 Å². The van der Waals surface area contributed by atoms with Crippen LogP contribution in [-0.4, -0.2) is 25.2 Å². The molecule has 0 fully saturated rings. The Morgan fingerprint density at radius 1 is 0.500 bits per heavy atom. The lowest BCUT2D eigenvalue weighted by Crippen LogP contribution is -2.05. The maximum Gasteiger partial charge on any atom is 0.305 e. The summed E-state index contributed by atoms with van der Waals surface area (Å²) < 4.78 is 10.5. The van der Waals surface area contributed by atoms with E-state index in [2.05, 4.69) is 26.0 Å². The Kier molecular flexibility index (Phi) is 24.9. The fraction of sp³-hybridized carbons (Fsp3) is 0.857. The maximum atomic E-state index is 11.6. The normalized spacial score (nSPS) is 11.2. The van der Waals surface area contributed by atoms with Crippen LogP contribution in [0.4, 0.5) is 0 Å². The molecule has 4 nitrogen and oxygen atoms in total. The van der Waals surface area contributed by atoms with Gasteiger partial charge in [0, 0.05) is 12.8 Å². The molecule has 0 aromatic carbocycles. The molecule has 0 aliphatic carbocycles. The number of hydrogen-bond acceptors (Lipinski definition) is 4. The molecule has 0 amide bonds. The van der Waals surface area contributed by atoms with Crippen molar-refractivity contribution < 1.29 is 19.1 Å². The van der Waals surface area contributed by atoms with Crippen molar-refractivity contribution in [3.63, 3.8) is 0 Å². The molecule has 0 spiro atoms. The zero-order valence-electron chi connectivity index (χ0n) is 21.3. The minimum atomic E-state index is -0.0312. The highest BCUT2D eigenvalue weighted by Gasteiger charge is 2.03. The molecule has 0 rings (SSSR count). The summed E-state index contributed by atoms with van der Waals surface area (Å²) in [6.07, 6.45) is 26.1. The second kappa shape index (κ2) is 25.9. The summed E-state index contributed by atoms with van der Waals surface area (Å²) in [5.74, 6) is -0.0555. The summed E-state index contributed by atoms with van der Waals surface area (Å²) in [5, 5.41) is 0. The quantitative estimate of drug-likeness (QED) is 0.0837. The number of allylic oxidation sites excluding steroid dienone is 2. The van der Waals surface area contributed by atoms with Gasteiger partial charge in [0.25, 0.3) is 0 Å². The first-order chi connectivity index (χ1) is 15.7. The first kappa shape index (κ1) is 30.7. The number of hydrogen-bond donors (Lipinski definition) is 0. The number of unbranched alkanes of at least 4 members (excludes halogenated alkanes) is 14. The molecule has 0 radical (unpaired) electrons. The molecule has 0 saturated carbocycles. The molecule has 0 N–H and O–H groups in total. The van der Waals surface area contributed by atoms with Gasteiger partial charge in [0.1, 0.15) is 0 Å². The third kappa shape index (κ3) is 24.9. The van der Waals surface area contributed by atoms with Crippen molar-refractivity contribution >= 4 is 11.9 Å². The van der Waals surface area contributed by atoms with Crippen molar-refractivity contribution in [1.82, 2.24) is 0 Å². The Hall–Kier alpha value is -1.32. The molecule has 0 unspecified atom stereocenters. The van der Waals surface area contributed by atoms with Gasteiger partial charge in [-0.05, 0) is 51.4 Å².